The van der Waals surface area contributed by atoms with Gasteiger partial charge < -0.3 is 4.89 Å². The largest absolute Gasteiger partial charge is 0.540 e. The van der Waals surface area contributed by atoms with Crippen LogP contribution in [0.1, 0.15) is 19.4 Å². The Labute approximate surface area is 120 Å². The van der Waals surface area contributed by atoms with Crippen molar-refractivity contribution in [2.75, 3.05) is 6.61 Å². The van der Waals surface area contributed by atoms with Gasteiger partial charge in [-0.25, -0.2) is 9.45 Å². The molecule has 118 valence electrons. The molecule has 21 heavy (non-hydrogen) atoms. The summed E-state index contributed by atoms with van der Waals surface area (Å²) in [6, 6.07) is 7.06. The molecule has 0 amide bonds. The number of phosphoric acid groups is 1. The van der Waals surface area contributed by atoms with Crippen LogP contribution in [-0.4, -0.2) is 12.7 Å². The van der Waals surface area contributed by atoms with Crippen molar-refractivity contribution >= 4 is 7.82 Å². The van der Waals surface area contributed by atoms with Crippen LogP contribution in [0.4, 0.5) is 0 Å². The van der Waals surface area contributed by atoms with Gasteiger partial charge in [-0.15, -0.1) is 0 Å². The smallest absolute Gasteiger partial charge is 0.327 e. The van der Waals surface area contributed by atoms with E-state index in [1.54, 1.807) is 19.1 Å². The van der Waals surface area contributed by atoms with Crippen LogP contribution in [0.3, 0.4) is 0 Å². The Hall–Kier alpha value is -1.03. The predicted octanol–water partition coefficient (Wildman–Crippen LogP) is 2.83. The molecule has 9 nitrogen and oxygen atoms in total. The molecule has 0 N–H and O–H groups in total. The number of hydrogen-bond acceptors (Lipinski definition) is 9. The quantitative estimate of drug-likeness (QED) is 0.471. The van der Waals surface area contributed by atoms with Gasteiger partial charge in [-0.1, -0.05) is 34.5 Å². The molecule has 1 fully saturated rings. The maximum absolute atomic E-state index is 12.2. The van der Waals surface area contributed by atoms with Gasteiger partial charge in [-0.3, -0.25) is 4.52 Å². The maximum atomic E-state index is 12.2. The number of hydrogen-bond donors (Lipinski definition) is 0. The van der Waals surface area contributed by atoms with Gasteiger partial charge in [0.1, 0.15) is 6.61 Å². The summed E-state index contributed by atoms with van der Waals surface area (Å²) in [6.07, 6.45) is 0.00891. The highest BCUT2D eigenvalue weighted by Crippen LogP contribution is 2.51. The molecule has 2 unspecified atom stereocenters. The lowest BCUT2D eigenvalue weighted by Gasteiger charge is -2.17. The van der Waals surface area contributed by atoms with Crippen molar-refractivity contribution in [1.82, 2.24) is 0 Å². The van der Waals surface area contributed by atoms with Crippen molar-refractivity contribution in [2.45, 2.75) is 26.4 Å². The molecule has 2 rings (SSSR count). The van der Waals surface area contributed by atoms with E-state index >= 15 is 0 Å². The van der Waals surface area contributed by atoms with E-state index in [-0.39, 0.29) is 6.61 Å². The third-order valence-electron chi connectivity index (χ3n) is 2.41. The molecule has 1 aromatic carbocycles. The predicted molar refractivity (Wildman–Crippen MR) is 66.0 cm³/mol. The lowest BCUT2D eigenvalue weighted by atomic mass is 10.1. The Morgan fingerprint density at radius 2 is 2.10 bits per heavy atom. The van der Waals surface area contributed by atoms with Crippen LogP contribution in [0.15, 0.2) is 24.3 Å². The van der Waals surface area contributed by atoms with E-state index in [9.17, 15) is 4.57 Å². The highest BCUT2D eigenvalue weighted by atomic mass is 31.2. The van der Waals surface area contributed by atoms with Gasteiger partial charge in [-0.2, -0.15) is 0 Å². The summed E-state index contributed by atoms with van der Waals surface area (Å²) in [5, 5.41) is 12.1. The molecule has 1 aromatic rings. The van der Waals surface area contributed by atoms with E-state index < -0.39 is 13.9 Å². The lowest BCUT2D eigenvalue weighted by molar-refractivity contribution is -0.692. The molecule has 0 spiro atoms. The highest BCUT2D eigenvalue weighted by molar-refractivity contribution is 7.48. The number of para-hydroxylation sites is 1. The van der Waals surface area contributed by atoms with Gasteiger partial charge in [-0.05, 0) is 40.1 Å². The minimum absolute atomic E-state index is 0.0916. The average Bonchev–Trinajstić information content (AvgIpc) is 2.56. The molecule has 1 saturated heterocycles. The average molecular weight is 322 g/mol. The van der Waals surface area contributed by atoms with E-state index in [0.717, 1.165) is 5.56 Å². The monoisotopic (exact) mass is 322 g/mol. The summed E-state index contributed by atoms with van der Waals surface area (Å²) in [7, 11) is -4.19. The molecule has 2 atom stereocenters. The minimum Gasteiger partial charge on any atom is -0.327 e. The second-order valence-corrected chi connectivity index (χ2v) is 5.45. The summed E-state index contributed by atoms with van der Waals surface area (Å²) in [6.45, 7) is 3.39. The van der Waals surface area contributed by atoms with E-state index in [2.05, 4.69) is 24.7 Å². The second-order valence-electron chi connectivity index (χ2n) is 4.05. The van der Waals surface area contributed by atoms with Gasteiger partial charge in [0.25, 0.3) is 0 Å². The summed E-state index contributed by atoms with van der Waals surface area (Å²) in [5.74, 6) is 0.378. The topological polar surface area (TPSA) is 90.9 Å². The SMILES string of the molecule is CCc1ccccc1OOP1(=O)OOOOOCC(C)O1. The van der Waals surface area contributed by atoms with Crippen molar-refractivity contribution in [1.29, 1.82) is 0 Å². The molecule has 0 saturated carbocycles. The molecule has 0 aromatic heterocycles. The Kier molecular flexibility index (Phi) is 6.09. The molecule has 1 aliphatic rings. The fourth-order valence-electron chi connectivity index (χ4n) is 1.47. The van der Waals surface area contributed by atoms with Crippen molar-refractivity contribution in [3.63, 3.8) is 0 Å². The number of aryl methyl sites for hydroxylation is 1. The summed E-state index contributed by atoms with van der Waals surface area (Å²) < 4.78 is 26.4. The molecule has 0 aliphatic carbocycles. The molecule has 10 heteroatoms. The van der Waals surface area contributed by atoms with Crippen molar-refractivity contribution in [3.8, 4) is 5.75 Å². The highest BCUT2D eigenvalue weighted by Gasteiger charge is 2.36. The van der Waals surface area contributed by atoms with Gasteiger partial charge in [0.15, 0.2) is 5.75 Å². The summed E-state index contributed by atoms with van der Waals surface area (Å²) >= 11 is 0. The fraction of sp³-hybridized carbons (Fsp3) is 0.455. The van der Waals surface area contributed by atoms with E-state index in [1.165, 1.54) is 0 Å². The first-order valence-corrected chi connectivity index (χ1v) is 7.63. The standard InChI is InChI=1S/C11H15O9P/c1-3-10-6-4-5-7-11(10)14-19-21(12)15-9(2)8-13-16-17-18-20-21/h4-7,9H,3,8H2,1-2H3. The first-order valence-electron chi connectivity index (χ1n) is 6.17. The van der Waals surface area contributed by atoms with Crippen molar-refractivity contribution in [3.05, 3.63) is 29.8 Å². The zero-order valence-corrected chi connectivity index (χ0v) is 12.3. The molecule has 0 radical (unpaired) electrons. The molecule has 0 bridgehead atoms. The van der Waals surface area contributed by atoms with Crippen molar-refractivity contribution in [2.24, 2.45) is 0 Å². The first-order chi connectivity index (χ1) is 10.1. The van der Waals surface area contributed by atoms with Crippen LogP contribution in [-0.2, 0) is 44.9 Å². The molecular weight excluding hydrogens is 307 g/mol. The van der Waals surface area contributed by atoms with Crippen LogP contribution >= 0.6 is 7.82 Å². The third kappa shape index (κ3) is 5.03. The van der Waals surface area contributed by atoms with Crippen LogP contribution in [0.25, 0.3) is 0 Å². The van der Waals surface area contributed by atoms with E-state index in [0.29, 0.717) is 12.2 Å². The van der Waals surface area contributed by atoms with Crippen LogP contribution in [0.5, 0.6) is 5.75 Å². The van der Waals surface area contributed by atoms with Crippen LogP contribution in [0.2, 0.25) is 0 Å². The number of benzene rings is 1. The van der Waals surface area contributed by atoms with E-state index in [1.807, 2.05) is 19.1 Å². The third-order valence-corrected chi connectivity index (χ3v) is 3.53. The van der Waals surface area contributed by atoms with Gasteiger partial charge >= 0.3 is 7.82 Å². The molecule has 1 heterocycles. The Bertz CT molecular complexity index is 494. The van der Waals surface area contributed by atoms with Crippen LogP contribution < -0.4 is 4.89 Å². The Balaban J connectivity index is 2.02. The molecule has 1 aliphatic heterocycles. The fourth-order valence-corrected chi connectivity index (χ4v) is 2.33. The first kappa shape index (κ1) is 16.3. The molecular formula is C11H15O9P. The normalized spacial score (nSPS) is 27.4. The summed E-state index contributed by atoms with van der Waals surface area (Å²) in [5.41, 5.74) is 0.852. The maximum Gasteiger partial charge on any atom is 0.540 e. The minimum atomic E-state index is -4.19. The lowest BCUT2D eigenvalue weighted by Crippen LogP contribution is -2.15. The van der Waals surface area contributed by atoms with Gasteiger partial charge in [0, 0.05) is 0 Å². The van der Waals surface area contributed by atoms with Gasteiger partial charge in [0.05, 0.1) is 6.10 Å². The Morgan fingerprint density at radius 1 is 1.29 bits per heavy atom. The van der Waals surface area contributed by atoms with Crippen LogP contribution in [0, 0.1) is 0 Å². The second kappa shape index (κ2) is 7.83. The zero-order valence-electron chi connectivity index (χ0n) is 11.4. The Morgan fingerprint density at radius 3 is 2.90 bits per heavy atom. The van der Waals surface area contributed by atoms with Gasteiger partial charge in [0.2, 0.25) is 0 Å². The van der Waals surface area contributed by atoms with E-state index in [4.69, 9.17) is 14.1 Å². The zero-order chi connectivity index (χ0) is 15.1. The van der Waals surface area contributed by atoms with Crippen molar-refractivity contribution < 1.29 is 43.3 Å². The number of rotatable bonds is 4. The summed E-state index contributed by atoms with van der Waals surface area (Å²) in [4.78, 5) is 9.52.